The van der Waals surface area contributed by atoms with Crippen LogP contribution < -0.4 is 0 Å². The molecular weight excluding hydrogens is 192 g/mol. The van der Waals surface area contributed by atoms with Crippen LogP contribution >= 0.6 is 0 Å². The van der Waals surface area contributed by atoms with Gasteiger partial charge in [0.15, 0.2) is 0 Å². The largest absolute Gasteiger partial charge is 0.393 e. The summed E-state index contributed by atoms with van der Waals surface area (Å²) in [5.74, 6) is 0.350. The maximum Gasteiger partial charge on any atom is 0.225 e. The predicted molar refractivity (Wildman–Crippen MR) is 57.4 cm³/mol. The van der Waals surface area contributed by atoms with Gasteiger partial charge in [-0.1, -0.05) is 0 Å². The number of aliphatic hydroxyl groups excluding tert-OH is 1. The molecular formula is C11H20N2O2. The number of carbonyl (C=O) groups is 1. The van der Waals surface area contributed by atoms with Crippen molar-refractivity contribution >= 4 is 5.91 Å². The zero-order chi connectivity index (χ0) is 10.8. The molecule has 1 saturated heterocycles. The van der Waals surface area contributed by atoms with Crippen molar-refractivity contribution in [2.75, 3.05) is 33.2 Å². The van der Waals surface area contributed by atoms with Crippen molar-refractivity contribution in [3.63, 3.8) is 0 Å². The fourth-order valence-electron chi connectivity index (χ4n) is 2.47. The van der Waals surface area contributed by atoms with Gasteiger partial charge in [-0.25, -0.2) is 0 Å². The highest BCUT2D eigenvalue weighted by Crippen LogP contribution is 2.27. The van der Waals surface area contributed by atoms with E-state index in [1.165, 1.54) is 0 Å². The molecule has 1 amide bonds. The summed E-state index contributed by atoms with van der Waals surface area (Å²) < 4.78 is 0. The Hall–Kier alpha value is -0.610. The van der Waals surface area contributed by atoms with Crippen LogP contribution in [0, 0.1) is 5.92 Å². The molecule has 2 fully saturated rings. The molecule has 4 nitrogen and oxygen atoms in total. The fraction of sp³-hybridized carbons (Fsp3) is 0.909. The van der Waals surface area contributed by atoms with Crippen molar-refractivity contribution in [3.8, 4) is 0 Å². The van der Waals surface area contributed by atoms with E-state index in [-0.39, 0.29) is 17.9 Å². The molecule has 1 aliphatic heterocycles. The zero-order valence-electron chi connectivity index (χ0n) is 9.35. The molecule has 0 aromatic heterocycles. The summed E-state index contributed by atoms with van der Waals surface area (Å²) in [6.45, 7) is 3.64. The Balaban J connectivity index is 1.85. The summed E-state index contributed by atoms with van der Waals surface area (Å²) in [5, 5.41) is 9.41. The van der Waals surface area contributed by atoms with Crippen LogP contribution in [-0.2, 0) is 4.79 Å². The van der Waals surface area contributed by atoms with E-state index in [4.69, 9.17) is 0 Å². The molecule has 0 bridgehead atoms. The number of nitrogens with zero attached hydrogens (tertiary/aromatic N) is 2. The molecule has 2 rings (SSSR count). The minimum absolute atomic E-state index is 0.0865. The van der Waals surface area contributed by atoms with Crippen molar-refractivity contribution in [3.05, 3.63) is 0 Å². The van der Waals surface area contributed by atoms with Gasteiger partial charge >= 0.3 is 0 Å². The second-order valence-corrected chi connectivity index (χ2v) is 4.79. The lowest BCUT2D eigenvalue weighted by Crippen LogP contribution is -2.48. The van der Waals surface area contributed by atoms with Crippen LogP contribution in [0.2, 0.25) is 0 Å². The van der Waals surface area contributed by atoms with Crippen molar-refractivity contribution in [1.29, 1.82) is 0 Å². The van der Waals surface area contributed by atoms with Gasteiger partial charge in [0.2, 0.25) is 5.91 Å². The van der Waals surface area contributed by atoms with Gasteiger partial charge < -0.3 is 14.9 Å². The Morgan fingerprint density at radius 2 is 1.87 bits per heavy atom. The Bertz CT molecular complexity index is 237. The van der Waals surface area contributed by atoms with Crippen LogP contribution in [0.15, 0.2) is 0 Å². The molecule has 0 radical (unpaired) electrons. The number of rotatable bonds is 1. The number of likely N-dealkylation sites (N-methyl/N-ethyl adjacent to an activating group) is 1. The fourth-order valence-corrected chi connectivity index (χ4v) is 2.47. The van der Waals surface area contributed by atoms with Gasteiger partial charge in [0.25, 0.3) is 0 Å². The highest BCUT2D eigenvalue weighted by molar-refractivity contribution is 5.79. The van der Waals surface area contributed by atoms with Crippen molar-refractivity contribution in [2.24, 2.45) is 5.92 Å². The van der Waals surface area contributed by atoms with E-state index in [0.29, 0.717) is 6.42 Å². The zero-order valence-corrected chi connectivity index (χ0v) is 9.35. The van der Waals surface area contributed by atoms with Gasteiger partial charge in [0.05, 0.1) is 6.10 Å². The standard InChI is InChI=1S/C11H20N2O2/c1-12-4-6-13(7-5-12)11(15)9-2-3-10(14)8-9/h9-10,14H,2-8H2,1H3. The number of carbonyl (C=O) groups excluding carboxylic acids is 1. The van der Waals surface area contributed by atoms with Crippen LogP contribution in [0.3, 0.4) is 0 Å². The molecule has 2 unspecified atom stereocenters. The van der Waals surface area contributed by atoms with E-state index in [9.17, 15) is 9.90 Å². The Morgan fingerprint density at radius 1 is 1.20 bits per heavy atom. The van der Waals surface area contributed by atoms with Gasteiger partial charge in [0.1, 0.15) is 0 Å². The molecule has 0 aromatic rings. The Morgan fingerprint density at radius 3 is 2.40 bits per heavy atom. The number of piperazine rings is 1. The molecule has 1 aliphatic carbocycles. The third kappa shape index (κ3) is 2.49. The highest BCUT2D eigenvalue weighted by Gasteiger charge is 2.32. The van der Waals surface area contributed by atoms with E-state index in [0.717, 1.165) is 39.0 Å². The molecule has 86 valence electrons. The molecule has 1 saturated carbocycles. The average Bonchev–Trinajstić information content (AvgIpc) is 2.65. The Labute approximate surface area is 90.9 Å². The molecule has 1 N–H and O–H groups in total. The summed E-state index contributed by atoms with van der Waals surface area (Å²) in [7, 11) is 2.08. The summed E-state index contributed by atoms with van der Waals surface area (Å²) >= 11 is 0. The maximum absolute atomic E-state index is 12.0. The van der Waals surface area contributed by atoms with E-state index < -0.39 is 0 Å². The van der Waals surface area contributed by atoms with Gasteiger partial charge in [-0.2, -0.15) is 0 Å². The molecule has 15 heavy (non-hydrogen) atoms. The van der Waals surface area contributed by atoms with Gasteiger partial charge in [-0.3, -0.25) is 4.79 Å². The first-order valence-electron chi connectivity index (χ1n) is 5.82. The summed E-state index contributed by atoms with van der Waals surface area (Å²) in [5.41, 5.74) is 0. The molecule has 1 heterocycles. The molecule has 4 heteroatoms. The smallest absolute Gasteiger partial charge is 0.225 e. The highest BCUT2D eigenvalue weighted by atomic mass is 16.3. The first-order chi connectivity index (χ1) is 7.16. The molecule has 0 spiro atoms. The van der Waals surface area contributed by atoms with Crippen LogP contribution in [0.1, 0.15) is 19.3 Å². The summed E-state index contributed by atoms with van der Waals surface area (Å²) in [6.07, 6.45) is 2.09. The minimum atomic E-state index is -0.244. The number of aliphatic hydroxyl groups is 1. The van der Waals surface area contributed by atoms with Crippen LogP contribution in [-0.4, -0.2) is 60.1 Å². The first kappa shape index (κ1) is 10.9. The lowest BCUT2D eigenvalue weighted by atomic mass is 10.1. The normalized spacial score (nSPS) is 33.3. The van der Waals surface area contributed by atoms with Crippen molar-refractivity contribution in [2.45, 2.75) is 25.4 Å². The second kappa shape index (κ2) is 4.49. The summed E-state index contributed by atoms with van der Waals surface area (Å²) in [6, 6.07) is 0. The lowest BCUT2D eigenvalue weighted by molar-refractivity contribution is -0.137. The monoisotopic (exact) mass is 212 g/mol. The van der Waals surface area contributed by atoms with E-state index in [1.54, 1.807) is 0 Å². The van der Waals surface area contributed by atoms with E-state index >= 15 is 0 Å². The van der Waals surface area contributed by atoms with Crippen LogP contribution in [0.4, 0.5) is 0 Å². The van der Waals surface area contributed by atoms with E-state index in [2.05, 4.69) is 11.9 Å². The predicted octanol–water partition coefficient (Wildman–Crippen LogP) is -0.0786. The van der Waals surface area contributed by atoms with Gasteiger partial charge in [0, 0.05) is 32.1 Å². The molecule has 2 aliphatic rings. The van der Waals surface area contributed by atoms with Gasteiger partial charge in [-0.15, -0.1) is 0 Å². The lowest BCUT2D eigenvalue weighted by Gasteiger charge is -2.33. The first-order valence-corrected chi connectivity index (χ1v) is 5.82. The van der Waals surface area contributed by atoms with Gasteiger partial charge in [-0.05, 0) is 26.3 Å². The quantitative estimate of drug-likeness (QED) is 0.661. The molecule has 2 atom stereocenters. The third-order valence-corrected chi connectivity index (χ3v) is 3.57. The van der Waals surface area contributed by atoms with Crippen molar-refractivity contribution < 1.29 is 9.90 Å². The SMILES string of the molecule is CN1CCN(C(=O)C2CCC(O)C2)CC1. The maximum atomic E-state index is 12.0. The number of amides is 1. The number of hydrogen-bond donors (Lipinski definition) is 1. The topological polar surface area (TPSA) is 43.8 Å². The molecule has 0 aromatic carbocycles. The van der Waals surface area contributed by atoms with E-state index in [1.807, 2.05) is 4.90 Å². The van der Waals surface area contributed by atoms with Crippen LogP contribution in [0.25, 0.3) is 0 Å². The number of hydrogen-bond acceptors (Lipinski definition) is 3. The Kier molecular flexibility index (Phi) is 3.26. The average molecular weight is 212 g/mol. The second-order valence-electron chi connectivity index (χ2n) is 4.79. The minimum Gasteiger partial charge on any atom is -0.393 e. The van der Waals surface area contributed by atoms with Crippen molar-refractivity contribution in [1.82, 2.24) is 9.80 Å². The van der Waals surface area contributed by atoms with Crippen LogP contribution in [0.5, 0.6) is 0 Å². The third-order valence-electron chi connectivity index (χ3n) is 3.57. The summed E-state index contributed by atoms with van der Waals surface area (Å²) in [4.78, 5) is 16.3.